The molecular weight excluding hydrogens is 436 g/mol. The van der Waals surface area contributed by atoms with Crippen molar-refractivity contribution in [1.82, 2.24) is 9.96 Å². The smallest absolute Gasteiger partial charge is 0.311 e. The van der Waals surface area contributed by atoms with Crippen LogP contribution in [0, 0.1) is 5.92 Å². The van der Waals surface area contributed by atoms with E-state index in [0.717, 1.165) is 30.6 Å². The zero-order valence-corrected chi connectivity index (χ0v) is 19.6. The van der Waals surface area contributed by atoms with Gasteiger partial charge in [-0.1, -0.05) is 42.5 Å². The molecule has 0 saturated carbocycles. The van der Waals surface area contributed by atoms with E-state index in [4.69, 9.17) is 9.57 Å². The SMILES string of the molecule is COC(=O)[C@@H]1CC(=O)N(OCc2ccc3ccccc3c2)C12CCN(Cc1cccs1)CC2. The number of carbonyl (C=O) groups is 2. The lowest BCUT2D eigenvalue weighted by molar-refractivity contribution is -0.229. The minimum atomic E-state index is -0.660. The van der Waals surface area contributed by atoms with Crippen molar-refractivity contribution < 1.29 is 19.2 Å². The maximum absolute atomic E-state index is 13.0. The lowest BCUT2D eigenvalue weighted by Gasteiger charge is -2.45. The molecule has 33 heavy (non-hydrogen) atoms. The molecule has 2 aliphatic rings. The second-order valence-electron chi connectivity index (χ2n) is 8.88. The molecule has 5 rings (SSSR count). The number of carbonyl (C=O) groups excluding carboxylic acids is 2. The molecule has 1 spiro atoms. The van der Waals surface area contributed by atoms with Crippen LogP contribution in [0.2, 0.25) is 0 Å². The Bertz CT molecular complexity index is 1140. The summed E-state index contributed by atoms with van der Waals surface area (Å²) in [4.78, 5) is 35.6. The highest BCUT2D eigenvalue weighted by Crippen LogP contribution is 2.45. The molecule has 0 N–H and O–H groups in total. The van der Waals surface area contributed by atoms with E-state index in [0.29, 0.717) is 12.8 Å². The van der Waals surface area contributed by atoms with Gasteiger partial charge in [0.15, 0.2) is 0 Å². The van der Waals surface area contributed by atoms with Crippen LogP contribution in [0.25, 0.3) is 10.8 Å². The van der Waals surface area contributed by atoms with Crippen molar-refractivity contribution in [1.29, 1.82) is 0 Å². The van der Waals surface area contributed by atoms with Gasteiger partial charge >= 0.3 is 5.97 Å². The summed E-state index contributed by atoms with van der Waals surface area (Å²) >= 11 is 1.75. The average molecular weight is 465 g/mol. The molecule has 2 saturated heterocycles. The molecule has 3 heterocycles. The van der Waals surface area contributed by atoms with E-state index in [1.54, 1.807) is 11.3 Å². The Morgan fingerprint density at radius 2 is 1.88 bits per heavy atom. The first-order chi connectivity index (χ1) is 16.1. The van der Waals surface area contributed by atoms with Crippen LogP contribution in [0.3, 0.4) is 0 Å². The number of piperidine rings is 1. The van der Waals surface area contributed by atoms with Crippen molar-refractivity contribution >= 4 is 34.0 Å². The third-order valence-electron chi connectivity index (χ3n) is 7.00. The predicted octanol–water partition coefficient (Wildman–Crippen LogP) is 4.39. The van der Waals surface area contributed by atoms with E-state index in [1.165, 1.54) is 22.4 Å². The molecule has 2 aliphatic heterocycles. The van der Waals surface area contributed by atoms with Crippen LogP contribution in [0.4, 0.5) is 0 Å². The summed E-state index contributed by atoms with van der Waals surface area (Å²) in [6, 6.07) is 18.6. The number of thiophene rings is 1. The molecule has 0 bridgehead atoms. The second-order valence-corrected chi connectivity index (χ2v) is 9.91. The molecule has 1 aromatic heterocycles. The Hall–Kier alpha value is -2.74. The Labute approximate surface area is 197 Å². The molecule has 7 heteroatoms. The minimum absolute atomic E-state index is 0.134. The third-order valence-corrected chi connectivity index (χ3v) is 7.86. The predicted molar refractivity (Wildman–Crippen MR) is 127 cm³/mol. The highest BCUT2D eigenvalue weighted by molar-refractivity contribution is 7.09. The number of rotatable bonds is 6. The number of ether oxygens (including phenoxy) is 1. The van der Waals surface area contributed by atoms with E-state index >= 15 is 0 Å². The van der Waals surface area contributed by atoms with Crippen molar-refractivity contribution in [2.45, 2.75) is 38.0 Å². The van der Waals surface area contributed by atoms with E-state index in [9.17, 15) is 9.59 Å². The number of likely N-dealkylation sites (tertiary alicyclic amines) is 1. The number of fused-ring (bicyclic) bond motifs is 1. The van der Waals surface area contributed by atoms with Crippen LogP contribution in [0.5, 0.6) is 0 Å². The van der Waals surface area contributed by atoms with E-state index in [2.05, 4.69) is 46.7 Å². The fourth-order valence-electron chi connectivity index (χ4n) is 5.22. The molecular formula is C26H28N2O4S. The number of hydrogen-bond donors (Lipinski definition) is 0. The van der Waals surface area contributed by atoms with Gasteiger partial charge in [-0.25, -0.2) is 5.06 Å². The summed E-state index contributed by atoms with van der Waals surface area (Å²) in [7, 11) is 1.39. The summed E-state index contributed by atoms with van der Waals surface area (Å²) in [5, 5.41) is 5.91. The molecule has 1 atom stereocenters. The maximum Gasteiger partial charge on any atom is 0.311 e. The van der Waals surface area contributed by atoms with Crippen LogP contribution in [-0.4, -0.2) is 47.6 Å². The number of hydrogen-bond acceptors (Lipinski definition) is 6. The van der Waals surface area contributed by atoms with E-state index in [1.807, 2.05) is 18.2 Å². The monoisotopic (exact) mass is 464 g/mol. The first-order valence-electron chi connectivity index (χ1n) is 11.4. The molecule has 0 aliphatic carbocycles. The fourth-order valence-corrected chi connectivity index (χ4v) is 5.97. The van der Waals surface area contributed by atoms with Gasteiger partial charge in [-0.3, -0.25) is 19.3 Å². The molecule has 0 unspecified atom stereocenters. The topological polar surface area (TPSA) is 59.1 Å². The van der Waals surface area contributed by atoms with Crippen LogP contribution in [-0.2, 0) is 32.3 Å². The van der Waals surface area contributed by atoms with Crippen LogP contribution < -0.4 is 0 Å². The largest absolute Gasteiger partial charge is 0.469 e. The van der Waals surface area contributed by atoms with Crippen LogP contribution in [0.1, 0.15) is 29.7 Å². The highest BCUT2D eigenvalue weighted by Gasteiger charge is 2.58. The first-order valence-corrected chi connectivity index (χ1v) is 12.2. The number of hydroxylamine groups is 2. The third kappa shape index (κ3) is 4.28. The molecule has 1 amide bonds. The maximum atomic E-state index is 13.0. The standard InChI is InChI=1S/C26H28N2O4S/c1-31-25(30)23-16-24(29)28(32-18-19-8-9-20-5-2-3-6-21(20)15-19)26(23)10-12-27(13-11-26)17-22-7-4-14-33-22/h2-9,14-15,23H,10-13,16-18H2,1H3/t23-/m0/s1. The highest BCUT2D eigenvalue weighted by atomic mass is 32.1. The van der Waals surface area contributed by atoms with Gasteiger partial charge in [0.1, 0.15) is 6.61 Å². The molecule has 6 nitrogen and oxygen atoms in total. The Kier molecular flexibility index (Phi) is 6.19. The summed E-state index contributed by atoms with van der Waals surface area (Å²) < 4.78 is 5.10. The van der Waals surface area contributed by atoms with E-state index in [-0.39, 0.29) is 24.9 Å². The molecule has 0 radical (unpaired) electrons. The zero-order chi connectivity index (χ0) is 22.8. The normalized spacial score (nSPS) is 20.6. The summed E-state index contributed by atoms with van der Waals surface area (Å²) in [6.07, 6.45) is 1.50. The number of methoxy groups -OCH3 is 1. The average Bonchev–Trinajstić information content (AvgIpc) is 3.45. The van der Waals surface area contributed by atoms with Crippen molar-refractivity contribution in [3.8, 4) is 0 Å². The molecule has 2 fully saturated rings. The van der Waals surface area contributed by atoms with Crippen LogP contribution >= 0.6 is 11.3 Å². The quantitative estimate of drug-likeness (QED) is 0.507. The molecule has 3 aromatic rings. The fraction of sp³-hybridized carbons (Fsp3) is 0.385. The second kappa shape index (κ2) is 9.25. The Morgan fingerprint density at radius 1 is 1.09 bits per heavy atom. The van der Waals surface area contributed by atoms with Crippen molar-refractivity contribution in [3.05, 3.63) is 70.4 Å². The lowest BCUT2D eigenvalue weighted by atomic mass is 9.77. The Balaban J connectivity index is 1.34. The number of amides is 1. The molecule has 172 valence electrons. The van der Waals surface area contributed by atoms with Crippen molar-refractivity contribution in [3.63, 3.8) is 0 Å². The van der Waals surface area contributed by atoms with Gasteiger partial charge in [-0.15, -0.1) is 11.3 Å². The van der Waals surface area contributed by atoms with Gasteiger partial charge in [-0.2, -0.15) is 0 Å². The van der Waals surface area contributed by atoms with Gasteiger partial charge in [0.05, 0.1) is 18.6 Å². The first kappa shape index (κ1) is 22.1. The summed E-state index contributed by atoms with van der Waals surface area (Å²) in [5.74, 6) is -0.972. The summed E-state index contributed by atoms with van der Waals surface area (Å²) in [5.41, 5.74) is 0.334. The summed E-state index contributed by atoms with van der Waals surface area (Å²) in [6.45, 7) is 2.77. The van der Waals surface area contributed by atoms with Gasteiger partial charge in [-0.05, 0) is 46.7 Å². The van der Waals surface area contributed by atoms with Crippen molar-refractivity contribution in [2.75, 3.05) is 20.2 Å². The van der Waals surface area contributed by atoms with Gasteiger partial charge < -0.3 is 4.74 Å². The van der Waals surface area contributed by atoms with Crippen LogP contribution in [0.15, 0.2) is 60.0 Å². The van der Waals surface area contributed by atoms with E-state index < -0.39 is 11.5 Å². The number of esters is 1. The van der Waals surface area contributed by atoms with Gasteiger partial charge in [0.25, 0.3) is 0 Å². The number of nitrogens with zero attached hydrogens (tertiary/aromatic N) is 2. The minimum Gasteiger partial charge on any atom is -0.469 e. The number of benzene rings is 2. The van der Waals surface area contributed by atoms with Gasteiger partial charge in [0.2, 0.25) is 5.91 Å². The molecule has 2 aromatic carbocycles. The van der Waals surface area contributed by atoms with Crippen molar-refractivity contribution in [2.24, 2.45) is 5.92 Å². The van der Waals surface area contributed by atoms with Gasteiger partial charge in [0, 0.05) is 30.9 Å². The zero-order valence-electron chi connectivity index (χ0n) is 18.7. The lowest BCUT2D eigenvalue weighted by Crippen LogP contribution is -2.57. The Morgan fingerprint density at radius 3 is 2.61 bits per heavy atom.